The molecular weight excluding hydrogens is 324 g/mol. The number of anilines is 1. The van der Waals surface area contributed by atoms with E-state index in [2.05, 4.69) is 6.07 Å². The number of fused-ring (bicyclic) bond motifs is 1. The van der Waals surface area contributed by atoms with Gasteiger partial charge in [0, 0.05) is 10.5 Å². The number of para-hydroxylation sites is 1. The van der Waals surface area contributed by atoms with Crippen molar-refractivity contribution < 1.29 is 14.3 Å². The molecule has 1 aliphatic rings. The van der Waals surface area contributed by atoms with Gasteiger partial charge in [-0.25, -0.2) is 0 Å². The lowest BCUT2D eigenvalue weighted by Crippen LogP contribution is -2.39. The molecule has 0 atom stereocenters. The van der Waals surface area contributed by atoms with Gasteiger partial charge in [-0.05, 0) is 18.2 Å². The van der Waals surface area contributed by atoms with E-state index in [4.69, 9.17) is 10.00 Å². The van der Waals surface area contributed by atoms with Gasteiger partial charge in [-0.3, -0.25) is 14.5 Å². The molecule has 0 radical (unpaired) electrons. The van der Waals surface area contributed by atoms with Gasteiger partial charge in [0.15, 0.2) is 0 Å². The first-order valence-corrected chi connectivity index (χ1v) is 8.33. The van der Waals surface area contributed by atoms with Crippen molar-refractivity contribution in [1.29, 1.82) is 5.26 Å². The Bertz CT molecular complexity index is 829. The first kappa shape index (κ1) is 16.1. The van der Waals surface area contributed by atoms with Crippen LogP contribution >= 0.6 is 11.8 Å². The van der Waals surface area contributed by atoms with Crippen molar-refractivity contribution in [2.45, 2.75) is 11.5 Å². The fraction of sp³-hybridized carbons (Fsp3) is 0.167. The van der Waals surface area contributed by atoms with E-state index in [0.717, 1.165) is 10.6 Å². The third kappa shape index (κ3) is 3.42. The van der Waals surface area contributed by atoms with Crippen molar-refractivity contribution in [1.82, 2.24) is 0 Å². The number of thioether (sulfide) groups is 1. The molecule has 0 N–H and O–H groups in total. The molecule has 0 bridgehead atoms. The maximum Gasteiger partial charge on any atom is 0.326 e. The number of carbonyl (C=O) groups is 2. The van der Waals surface area contributed by atoms with Crippen molar-refractivity contribution in [3.63, 3.8) is 0 Å². The molecule has 6 heteroatoms. The number of hydrogen-bond donors (Lipinski definition) is 0. The zero-order chi connectivity index (χ0) is 16.9. The molecule has 1 aliphatic heterocycles. The molecule has 2 aromatic rings. The van der Waals surface area contributed by atoms with Crippen LogP contribution in [0.3, 0.4) is 0 Å². The van der Waals surface area contributed by atoms with Gasteiger partial charge in [-0.15, -0.1) is 11.8 Å². The highest BCUT2D eigenvalue weighted by Crippen LogP contribution is 2.34. The molecule has 0 aromatic heterocycles. The number of amides is 1. The van der Waals surface area contributed by atoms with E-state index in [0.29, 0.717) is 16.9 Å². The zero-order valence-corrected chi connectivity index (χ0v) is 13.6. The van der Waals surface area contributed by atoms with Crippen LogP contribution in [-0.2, 0) is 20.9 Å². The molecule has 0 saturated carbocycles. The number of esters is 1. The largest absolute Gasteiger partial charge is 0.459 e. The molecule has 0 fully saturated rings. The van der Waals surface area contributed by atoms with Gasteiger partial charge >= 0.3 is 5.97 Å². The van der Waals surface area contributed by atoms with E-state index in [9.17, 15) is 9.59 Å². The minimum Gasteiger partial charge on any atom is -0.459 e. The quantitative estimate of drug-likeness (QED) is 0.802. The fourth-order valence-corrected chi connectivity index (χ4v) is 3.35. The second-order valence-corrected chi connectivity index (χ2v) is 6.18. The Balaban J connectivity index is 1.67. The average molecular weight is 338 g/mol. The molecule has 1 amide bonds. The molecule has 0 aliphatic carbocycles. The predicted molar refractivity (Wildman–Crippen MR) is 90.5 cm³/mol. The minimum atomic E-state index is -0.502. The third-order valence-corrected chi connectivity index (χ3v) is 4.67. The van der Waals surface area contributed by atoms with Crippen LogP contribution in [0.4, 0.5) is 5.69 Å². The standard InChI is InChI=1S/C18H14N2O3S/c19-9-13-5-1-2-6-14(13)11-23-18(22)10-20-15-7-3-4-8-16(15)24-12-17(20)21/h1-8H,10-12H2. The summed E-state index contributed by atoms with van der Waals surface area (Å²) in [5.41, 5.74) is 1.85. The summed E-state index contributed by atoms with van der Waals surface area (Å²) in [7, 11) is 0. The smallest absolute Gasteiger partial charge is 0.326 e. The van der Waals surface area contributed by atoms with Crippen LogP contribution in [0.1, 0.15) is 11.1 Å². The van der Waals surface area contributed by atoms with Crippen molar-refractivity contribution in [3.8, 4) is 6.07 Å². The lowest BCUT2D eigenvalue weighted by atomic mass is 10.1. The second-order valence-electron chi connectivity index (χ2n) is 5.17. The molecule has 0 saturated heterocycles. The van der Waals surface area contributed by atoms with Crippen LogP contribution in [0.5, 0.6) is 0 Å². The van der Waals surface area contributed by atoms with Gasteiger partial charge in [0.05, 0.1) is 23.1 Å². The summed E-state index contributed by atoms with van der Waals surface area (Å²) >= 11 is 1.46. The maximum atomic E-state index is 12.1. The first-order valence-electron chi connectivity index (χ1n) is 7.35. The summed E-state index contributed by atoms with van der Waals surface area (Å²) < 4.78 is 5.25. The van der Waals surface area contributed by atoms with Crippen LogP contribution < -0.4 is 4.90 Å². The third-order valence-electron chi connectivity index (χ3n) is 3.62. The number of ether oxygens (including phenoxy) is 1. The Morgan fingerprint density at radius 1 is 1.21 bits per heavy atom. The first-order chi connectivity index (χ1) is 11.7. The Morgan fingerprint density at radius 3 is 2.79 bits per heavy atom. The Hall–Kier alpha value is -2.78. The van der Waals surface area contributed by atoms with Gasteiger partial charge in [-0.1, -0.05) is 30.3 Å². The molecular formula is C18H14N2O3S. The molecule has 2 aromatic carbocycles. The molecule has 1 heterocycles. The van der Waals surface area contributed by atoms with Crippen molar-refractivity contribution in [3.05, 3.63) is 59.7 Å². The fourth-order valence-electron chi connectivity index (χ4n) is 2.42. The lowest BCUT2D eigenvalue weighted by Gasteiger charge is -2.27. The monoisotopic (exact) mass is 338 g/mol. The van der Waals surface area contributed by atoms with E-state index in [1.807, 2.05) is 24.3 Å². The van der Waals surface area contributed by atoms with Gasteiger partial charge < -0.3 is 4.74 Å². The van der Waals surface area contributed by atoms with E-state index in [-0.39, 0.29) is 19.1 Å². The van der Waals surface area contributed by atoms with Gasteiger partial charge in [0.1, 0.15) is 13.2 Å². The molecule has 3 rings (SSSR count). The topological polar surface area (TPSA) is 70.4 Å². The van der Waals surface area contributed by atoms with E-state index in [1.54, 1.807) is 24.3 Å². The minimum absolute atomic E-state index is 0.0149. The zero-order valence-electron chi connectivity index (χ0n) is 12.8. The molecule has 0 spiro atoms. The second kappa shape index (κ2) is 7.20. The van der Waals surface area contributed by atoms with E-state index in [1.165, 1.54) is 16.7 Å². The molecule has 5 nitrogen and oxygen atoms in total. The SMILES string of the molecule is N#Cc1ccccc1COC(=O)CN1C(=O)CSc2ccccc21. The van der Waals surface area contributed by atoms with E-state index >= 15 is 0 Å². The molecule has 120 valence electrons. The van der Waals surface area contributed by atoms with Crippen LogP contribution in [0, 0.1) is 11.3 Å². The number of nitrogens with zero attached hydrogens (tertiary/aromatic N) is 2. The van der Waals surface area contributed by atoms with Crippen molar-refractivity contribution in [2.24, 2.45) is 0 Å². The Kier molecular flexibility index (Phi) is 4.82. The molecule has 24 heavy (non-hydrogen) atoms. The van der Waals surface area contributed by atoms with Gasteiger partial charge in [-0.2, -0.15) is 5.26 Å². The summed E-state index contributed by atoms with van der Waals surface area (Å²) in [4.78, 5) is 26.7. The number of nitriles is 1. The van der Waals surface area contributed by atoms with Crippen LogP contribution in [0.25, 0.3) is 0 Å². The van der Waals surface area contributed by atoms with Crippen LogP contribution in [-0.4, -0.2) is 24.2 Å². The maximum absolute atomic E-state index is 12.1. The van der Waals surface area contributed by atoms with E-state index < -0.39 is 5.97 Å². The summed E-state index contributed by atoms with van der Waals surface area (Å²) in [6.07, 6.45) is 0. The number of carbonyl (C=O) groups excluding carboxylic acids is 2. The van der Waals surface area contributed by atoms with Crippen molar-refractivity contribution >= 4 is 29.3 Å². The Labute approximate surface area is 143 Å². The number of hydrogen-bond acceptors (Lipinski definition) is 5. The van der Waals surface area contributed by atoms with Gasteiger partial charge in [0.25, 0.3) is 0 Å². The normalized spacial score (nSPS) is 13.1. The highest BCUT2D eigenvalue weighted by molar-refractivity contribution is 8.00. The van der Waals surface area contributed by atoms with Crippen LogP contribution in [0.15, 0.2) is 53.4 Å². The summed E-state index contributed by atoms with van der Waals surface area (Å²) in [5, 5.41) is 9.04. The predicted octanol–water partition coefficient (Wildman–Crippen LogP) is 2.74. The highest BCUT2D eigenvalue weighted by atomic mass is 32.2. The number of rotatable bonds is 4. The number of benzene rings is 2. The van der Waals surface area contributed by atoms with Gasteiger partial charge in [0.2, 0.25) is 5.91 Å². The van der Waals surface area contributed by atoms with Crippen molar-refractivity contribution in [2.75, 3.05) is 17.2 Å². The lowest BCUT2D eigenvalue weighted by molar-refractivity contribution is -0.144. The highest BCUT2D eigenvalue weighted by Gasteiger charge is 2.26. The van der Waals surface area contributed by atoms with Crippen LogP contribution in [0.2, 0.25) is 0 Å². The summed E-state index contributed by atoms with van der Waals surface area (Å²) in [6, 6.07) is 16.5. The Morgan fingerprint density at radius 2 is 1.96 bits per heavy atom. The summed E-state index contributed by atoms with van der Waals surface area (Å²) in [5.74, 6) is -0.312. The summed E-state index contributed by atoms with van der Waals surface area (Å²) in [6.45, 7) is -0.119. The average Bonchev–Trinajstić information content (AvgIpc) is 2.62. The molecule has 0 unspecified atom stereocenters.